The van der Waals surface area contributed by atoms with Crippen molar-refractivity contribution < 1.29 is 12.8 Å². The molecule has 2 heterocycles. The van der Waals surface area contributed by atoms with Gasteiger partial charge in [0.05, 0.1) is 5.52 Å². The Morgan fingerprint density at radius 1 is 1.24 bits per heavy atom. The molecular formula is C14H12BrClN4O4S. The number of hydrogen-bond donors (Lipinski definition) is 1. The van der Waals surface area contributed by atoms with E-state index in [1.54, 1.807) is 19.9 Å². The van der Waals surface area contributed by atoms with Crippen LogP contribution < -0.4 is 10.1 Å². The average molecular weight is 448 g/mol. The average Bonchev–Trinajstić information content (AvgIpc) is 2.85. The smallest absolute Gasteiger partial charge is 0.406 e. The first-order valence-corrected chi connectivity index (χ1v) is 9.54. The minimum Gasteiger partial charge on any atom is -0.406 e. The molecule has 0 radical (unpaired) electrons. The third-order valence-electron chi connectivity index (χ3n) is 3.43. The van der Waals surface area contributed by atoms with Crippen LogP contribution in [0.4, 0.5) is 5.95 Å². The van der Waals surface area contributed by atoms with Crippen LogP contribution in [0, 0.1) is 13.8 Å². The second-order valence-electron chi connectivity index (χ2n) is 5.32. The maximum Gasteiger partial charge on any atom is 0.417 e. The summed E-state index contributed by atoms with van der Waals surface area (Å²) in [6, 6.07) is 3.14. The summed E-state index contributed by atoms with van der Waals surface area (Å²) in [6.45, 7) is 3.48. The van der Waals surface area contributed by atoms with E-state index in [4.69, 9.17) is 16.0 Å². The Morgan fingerprint density at radius 3 is 2.44 bits per heavy atom. The molecule has 0 unspecified atom stereocenters. The third kappa shape index (κ3) is 3.05. The van der Waals surface area contributed by atoms with Gasteiger partial charge in [-0.25, -0.2) is 27.5 Å². The molecule has 8 nitrogen and oxygen atoms in total. The van der Waals surface area contributed by atoms with Gasteiger partial charge in [-0.3, -0.25) is 4.98 Å². The molecule has 0 saturated carbocycles. The summed E-state index contributed by atoms with van der Waals surface area (Å²) in [6.07, 6.45) is 0. The fourth-order valence-corrected chi connectivity index (χ4v) is 5.22. The molecule has 11 heteroatoms. The topological polar surface area (TPSA) is 109 Å². The molecule has 0 aliphatic carbocycles. The molecule has 25 heavy (non-hydrogen) atoms. The van der Waals surface area contributed by atoms with Gasteiger partial charge in [-0.2, -0.15) is 0 Å². The van der Waals surface area contributed by atoms with Crippen LogP contribution in [0.2, 0.25) is 5.02 Å². The molecule has 1 aromatic carbocycles. The summed E-state index contributed by atoms with van der Waals surface area (Å²) in [5.41, 5.74) is 1.50. The molecule has 0 aliphatic heterocycles. The predicted molar refractivity (Wildman–Crippen MR) is 96.6 cm³/mol. The number of rotatable bonds is 3. The first-order chi connectivity index (χ1) is 11.6. The van der Waals surface area contributed by atoms with Crippen LogP contribution in [0.15, 0.2) is 30.7 Å². The van der Waals surface area contributed by atoms with Crippen LogP contribution in [0.5, 0.6) is 0 Å². The number of aromatic nitrogens is 3. The number of sulfonamides is 1. The number of halogens is 2. The van der Waals surface area contributed by atoms with Crippen molar-refractivity contribution in [2.24, 2.45) is 0 Å². The van der Waals surface area contributed by atoms with Crippen LogP contribution in [-0.4, -0.2) is 30.4 Å². The molecular weight excluding hydrogens is 436 g/mol. The summed E-state index contributed by atoms with van der Waals surface area (Å²) < 4.78 is 32.1. The fraction of sp³-hybridized carbons (Fsp3) is 0.214. The monoisotopic (exact) mass is 446 g/mol. The molecule has 2 aromatic heterocycles. The molecule has 0 fully saturated rings. The molecule has 3 rings (SSSR count). The van der Waals surface area contributed by atoms with E-state index < -0.39 is 15.8 Å². The number of benzene rings is 1. The Bertz CT molecular complexity index is 1140. The highest BCUT2D eigenvalue weighted by Gasteiger charge is 2.31. The maximum absolute atomic E-state index is 13.0. The van der Waals surface area contributed by atoms with Crippen LogP contribution in [0.3, 0.4) is 0 Å². The Kier molecular flexibility index (Phi) is 4.38. The van der Waals surface area contributed by atoms with Crippen molar-refractivity contribution in [3.63, 3.8) is 0 Å². The SMILES string of the molecule is Cc1cc(C)nc(N(C)S(=O)(=O)c2c(Br)cc3[nH]c(=O)oc3c2Cl)n1. The molecule has 3 aromatic rings. The molecule has 132 valence electrons. The van der Waals surface area contributed by atoms with Crippen molar-refractivity contribution in [2.75, 3.05) is 11.4 Å². The summed E-state index contributed by atoms with van der Waals surface area (Å²) in [5, 5.41) is -0.209. The van der Waals surface area contributed by atoms with Gasteiger partial charge in [0.15, 0.2) is 5.58 Å². The lowest BCUT2D eigenvalue weighted by Gasteiger charge is -2.19. The standard InChI is InChI=1S/C14H12BrClN4O4S/c1-6-4-7(2)18-13(17-6)20(3)25(22,23)12-8(15)5-9-11(10(12)16)24-14(21)19-9/h4-5H,1-3H3,(H,19,21). The second-order valence-corrected chi connectivity index (χ2v) is 8.45. The molecule has 0 spiro atoms. The van der Waals surface area contributed by atoms with Crippen molar-refractivity contribution in [1.29, 1.82) is 0 Å². The number of nitrogens with zero attached hydrogens (tertiary/aromatic N) is 3. The summed E-state index contributed by atoms with van der Waals surface area (Å²) in [4.78, 5) is 21.8. The molecule has 0 bridgehead atoms. The quantitative estimate of drug-likeness (QED) is 0.661. The Labute approximate surface area is 156 Å². The van der Waals surface area contributed by atoms with Gasteiger partial charge in [-0.1, -0.05) is 11.6 Å². The van der Waals surface area contributed by atoms with Gasteiger partial charge in [-0.15, -0.1) is 0 Å². The van der Waals surface area contributed by atoms with Crippen molar-refractivity contribution in [2.45, 2.75) is 18.7 Å². The van der Waals surface area contributed by atoms with E-state index in [0.717, 1.165) is 4.31 Å². The van der Waals surface area contributed by atoms with Gasteiger partial charge in [0.2, 0.25) is 5.95 Å². The van der Waals surface area contributed by atoms with Gasteiger partial charge >= 0.3 is 5.76 Å². The maximum atomic E-state index is 13.0. The van der Waals surface area contributed by atoms with E-state index in [0.29, 0.717) is 11.4 Å². The highest BCUT2D eigenvalue weighted by Crippen LogP contribution is 2.37. The van der Waals surface area contributed by atoms with E-state index in [1.165, 1.54) is 13.1 Å². The molecule has 0 aliphatic rings. The predicted octanol–water partition coefficient (Wildman–Crippen LogP) is 2.77. The van der Waals surface area contributed by atoms with Gasteiger partial charge in [0, 0.05) is 22.9 Å². The number of anilines is 1. The molecule has 0 amide bonds. The lowest BCUT2D eigenvalue weighted by Crippen LogP contribution is -2.29. The number of aromatic amines is 1. The number of H-pyrrole nitrogens is 1. The summed E-state index contributed by atoms with van der Waals surface area (Å²) in [7, 11) is -2.79. The van der Waals surface area contributed by atoms with Crippen molar-refractivity contribution >= 4 is 54.6 Å². The van der Waals surface area contributed by atoms with Crippen molar-refractivity contribution in [3.8, 4) is 0 Å². The summed E-state index contributed by atoms with van der Waals surface area (Å²) >= 11 is 9.40. The minimum atomic E-state index is -4.12. The first-order valence-electron chi connectivity index (χ1n) is 6.93. The van der Waals surface area contributed by atoms with Crippen LogP contribution >= 0.6 is 27.5 Å². The number of hydrogen-bond acceptors (Lipinski definition) is 6. The largest absolute Gasteiger partial charge is 0.417 e. The zero-order valence-electron chi connectivity index (χ0n) is 13.3. The van der Waals surface area contributed by atoms with E-state index in [-0.39, 0.29) is 31.4 Å². The minimum absolute atomic E-state index is 0.0103. The highest BCUT2D eigenvalue weighted by atomic mass is 79.9. The van der Waals surface area contributed by atoms with E-state index in [2.05, 4.69) is 30.9 Å². The van der Waals surface area contributed by atoms with Gasteiger partial charge < -0.3 is 4.42 Å². The molecule has 1 N–H and O–H groups in total. The number of aryl methyl sites for hydroxylation is 2. The van der Waals surface area contributed by atoms with Crippen LogP contribution in [-0.2, 0) is 10.0 Å². The summed E-state index contributed by atoms with van der Waals surface area (Å²) in [5.74, 6) is -0.722. The van der Waals surface area contributed by atoms with Crippen molar-refractivity contribution in [1.82, 2.24) is 15.0 Å². The molecule has 0 saturated heterocycles. The zero-order valence-corrected chi connectivity index (χ0v) is 16.5. The van der Waals surface area contributed by atoms with Gasteiger partial charge in [0.25, 0.3) is 10.0 Å². The first kappa shape index (κ1) is 17.9. The van der Waals surface area contributed by atoms with Gasteiger partial charge in [-0.05, 0) is 41.9 Å². The second kappa shape index (κ2) is 6.11. The van der Waals surface area contributed by atoms with E-state index in [1.807, 2.05) is 0 Å². The van der Waals surface area contributed by atoms with Crippen LogP contribution in [0.25, 0.3) is 11.1 Å². The van der Waals surface area contributed by atoms with E-state index in [9.17, 15) is 13.2 Å². The normalized spacial score (nSPS) is 11.9. The Hall–Kier alpha value is -1.91. The van der Waals surface area contributed by atoms with Crippen LogP contribution in [0.1, 0.15) is 11.4 Å². The highest BCUT2D eigenvalue weighted by molar-refractivity contribution is 9.10. The third-order valence-corrected chi connectivity index (χ3v) is 6.62. The number of fused-ring (bicyclic) bond motifs is 1. The van der Waals surface area contributed by atoms with Crippen molar-refractivity contribution in [3.05, 3.63) is 43.6 Å². The lowest BCUT2D eigenvalue weighted by molar-refractivity contribution is 0.554. The van der Waals surface area contributed by atoms with Gasteiger partial charge in [0.1, 0.15) is 9.92 Å². The fourth-order valence-electron chi connectivity index (χ4n) is 2.33. The molecule has 0 atom stereocenters. The Morgan fingerprint density at radius 2 is 1.84 bits per heavy atom. The zero-order chi connectivity index (χ0) is 18.5. The lowest BCUT2D eigenvalue weighted by atomic mass is 10.3. The number of oxazole rings is 1. The van der Waals surface area contributed by atoms with E-state index >= 15 is 0 Å². The number of nitrogens with one attached hydrogen (secondary N) is 1. The Balaban J connectivity index is 2.23.